The van der Waals surface area contributed by atoms with E-state index in [9.17, 15) is 8.42 Å². The van der Waals surface area contributed by atoms with E-state index in [0.717, 1.165) is 5.41 Å². The van der Waals surface area contributed by atoms with E-state index in [2.05, 4.69) is 11.3 Å². The minimum Gasteiger partial charge on any atom is -0.279 e. The second-order valence-corrected chi connectivity index (χ2v) is 4.91. The summed E-state index contributed by atoms with van der Waals surface area (Å²) in [5.74, 6) is 0. The molecule has 0 atom stereocenters. The molecule has 0 heterocycles. The van der Waals surface area contributed by atoms with Gasteiger partial charge in [-0.3, -0.25) is 4.72 Å². The van der Waals surface area contributed by atoms with Gasteiger partial charge in [0.05, 0.1) is 10.7 Å². The monoisotopic (exact) mass is 251 g/mol. The lowest BCUT2D eigenvalue weighted by molar-refractivity contribution is 0.609. The smallest absolute Gasteiger partial charge is 0.254 e. The first-order chi connectivity index (χ1) is 6.44. The molecule has 0 amide bonds. The van der Waals surface area contributed by atoms with Gasteiger partial charge in [-0.2, -0.15) is 0 Å². The Morgan fingerprint density at radius 1 is 1.36 bits per heavy atom. The van der Waals surface area contributed by atoms with Gasteiger partial charge in [0.2, 0.25) is 0 Å². The molecule has 1 aromatic carbocycles. The maximum absolute atomic E-state index is 11.1. The molecule has 1 rings (SSSR count). The van der Waals surface area contributed by atoms with Crippen molar-refractivity contribution in [3.05, 3.63) is 40.2 Å². The molecule has 76 valence electrons. The molecule has 0 aromatic heterocycles. The Kier molecular flexibility index (Phi) is 3.42. The lowest BCUT2D eigenvalue weighted by atomic mass is 10.3. The van der Waals surface area contributed by atoms with Gasteiger partial charge in [-0.15, -0.1) is 0 Å². The number of anilines is 1. The van der Waals surface area contributed by atoms with Gasteiger partial charge in [0.25, 0.3) is 10.0 Å². The summed E-state index contributed by atoms with van der Waals surface area (Å²) in [6, 6.07) is 4.49. The Bertz CT molecular complexity index is 456. The van der Waals surface area contributed by atoms with Crippen molar-refractivity contribution in [3.8, 4) is 0 Å². The van der Waals surface area contributed by atoms with Crippen molar-refractivity contribution in [2.45, 2.75) is 0 Å². The predicted molar refractivity (Wildman–Crippen MR) is 59.2 cm³/mol. The van der Waals surface area contributed by atoms with Crippen molar-refractivity contribution in [2.24, 2.45) is 0 Å². The summed E-state index contributed by atoms with van der Waals surface area (Å²) in [4.78, 5) is 0. The number of hydrogen-bond acceptors (Lipinski definition) is 2. The van der Waals surface area contributed by atoms with Crippen molar-refractivity contribution in [2.75, 3.05) is 4.72 Å². The number of halogens is 2. The highest BCUT2D eigenvalue weighted by molar-refractivity contribution is 7.95. The SMILES string of the molecule is C=CS(=O)(=O)Nc1cc(Cl)ccc1Cl. The molecule has 1 N–H and O–H groups in total. The van der Waals surface area contributed by atoms with Gasteiger partial charge in [0.15, 0.2) is 0 Å². The van der Waals surface area contributed by atoms with E-state index in [-0.39, 0.29) is 10.7 Å². The molecule has 0 unspecified atom stereocenters. The van der Waals surface area contributed by atoms with E-state index >= 15 is 0 Å². The predicted octanol–water partition coefficient (Wildman–Crippen LogP) is 2.88. The quantitative estimate of drug-likeness (QED) is 0.898. The van der Waals surface area contributed by atoms with E-state index < -0.39 is 10.0 Å². The maximum atomic E-state index is 11.1. The van der Waals surface area contributed by atoms with Crippen LogP contribution in [0.15, 0.2) is 30.2 Å². The van der Waals surface area contributed by atoms with Crippen molar-refractivity contribution in [3.63, 3.8) is 0 Å². The van der Waals surface area contributed by atoms with E-state index in [0.29, 0.717) is 5.02 Å². The molecule has 14 heavy (non-hydrogen) atoms. The minimum atomic E-state index is -3.54. The van der Waals surface area contributed by atoms with Crippen LogP contribution in [-0.4, -0.2) is 8.42 Å². The Hall–Kier alpha value is -0.710. The lowest BCUT2D eigenvalue weighted by Crippen LogP contribution is -2.08. The number of hydrogen-bond donors (Lipinski definition) is 1. The zero-order valence-corrected chi connectivity index (χ0v) is 9.33. The van der Waals surface area contributed by atoms with Crippen LogP contribution in [0.3, 0.4) is 0 Å². The average Bonchev–Trinajstić information content (AvgIpc) is 2.11. The van der Waals surface area contributed by atoms with Gasteiger partial charge in [-0.25, -0.2) is 8.42 Å². The van der Waals surface area contributed by atoms with E-state index in [1.165, 1.54) is 12.1 Å². The number of rotatable bonds is 3. The van der Waals surface area contributed by atoms with Crippen LogP contribution >= 0.6 is 23.2 Å². The first kappa shape index (κ1) is 11.4. The number of nitrogens with one attached hydrogen (secondary N) is 1. The summed E-state index contributed by atoms with van der Waals surface area (Å²) in [5.41, 5.74) is 0.235. The fourth-order valence-corrected chi connectivity index (χ4v) is 1.72. The van der Waals surface area contributed by atoms with Gasteiger partial charge < -0.3 is 0 Å². The second kappa shape index (κ2) is 4.21. The van der Waals surface area contributed by atoms with Crippen LogP contribution in [-0.2, 0) is 10.0 Å². The third kappa shape index (κ3) is 2.90. The first-order valence-corrected chi connectivity index (χ1v) is 5.85. The Morgan fingerprint density at radius 3 is 2.57 bits per heavy atom. The Balaban J connectivity index is 3.09. The highest BCUT2D eigenvalue weighted by Gasteiger charge is 2.07. The normalized spacial score (nSPS) is 11.0. The molecule has 0 saturated heterocycles. The molecule has 6 heteroatoms. The molecular formula is C8H7Cl2NO2S. The third-order valence-electron chi connectivity index (χ3n) is 1.40. The minimum absolute atomic E-state index is 0.235. The van der Waals surface area contributed by atoms with Crippen molar-refractivity contribution >= 4 is 38.9 Å². The van der Waals surface area contributed by atoms with Crippen molar-refractivity contribution in [1.82, 2.24) is 0 Å². The van der Waals surface area contributed by atoms with Gasteiger partial charge in [0.1, 0.15) is 0 Å². The lowest BCUT2D eigenvalue weighted by Gasteiger charge is -2.06. The standard InChI is InChI=1S/C8H7Cl2NO2S/c1-2-14(12,13)11-8-5-6(9)3-4-7(8)10/h2-5,11H,1H2. The highest BCUT2D eigenvalue weighted by atomic mass is 35.5. The molecule has 0 fully saturated rings. The highest BCUT2D eigenvalue weighted by Crippen LogP contribution is 2.26. The van der Waals surface area contributed by atoms with E-state index in [1.54, 1.807) is 6.07 Å². The van der Waals surface area contributed by atoms with Crippen LogP contribution in [0.2, 0.25) is 10.0 Å². The zero-order chi connectivity index (χ0) is 10.8. The topological polar surface area (TPSA) is 46.2 Å². The largest absolute Gasteiger partial charge is 0.279 e. The molecular weight excluding hydrogens is 245 g/mol. The summed E-state index contributed by atoms with van der Waals surface area (Å²) in [5, 5.41) is 1.47. The van der Waals surface area contributed by atoms with Gasteiger partial charge in [-0.1, -0.05) is 29.8 Å². The summed E-state index contributed by atoms with van der Waals surface area (Å²) in [7, 11) is -3.54. The molecule has 0 aliphatic carbocycles. The summed E-state index contributed by atoms with van der Waals surface area (Å²) < 4.78 is 24.4. The summed E-state index contributed by atoms with van der Waals surface area (Å²) in [6.45, 7) is 3.15. The molecule has 0 aliphatic heterocycles. The van der Waals surface area contributed by atoms with Crippen LogP contribution in [0.25, 0.3) is 0 Å². The fourth-order valence-electron chi connectivity index (χ4n) is 0.771. The van der Waals surface area contributed by atoms with Crippen LogP contribution in [0.5, 0.6) is 0 Å². The molecule has 3 nitrogen and oxygen atoms in total. The second-order valence-electron chi connectivity index (χ2n) is 2.44. The van der Waals surface area contributed by atoms with Crippen molar-refractivity contribution < 1.29 is 8.42 Å². The molecule has 0 spiro atoms. The van der Waals surface area contributed by atoms with Crippen LogP contribution in [0.1, 0.15) is 0 Å². The zero-order valence-electron chi connectivity index (χ0n) is 7.00. The summed E-state index contributed by atoms with van der Waals surface area (Å²) >= 11 is 11.4. The Labute approximate surface area is 92.4 Å². The average molecular weight is 252 g/mol. The van der Waals surface area contributed by atoms with Gasteiger partial charge in [0, 0.05) is 10.4 Å². The maximum Gasteiger partial charge on any atom is 0.254 e. The van der Waals surface area contributed by atoms with Gasteiger partial charge >= 0.3 is 0 Å². The Morgan fingerprint density at radius 2 is 2.00 bits per heavy atom. The molecule has 0 radical (unpaired) electrons. The molecule has 0 aliphatic rings. The molecule has 0 saturated carbocycles. The molecule has 0 bridgehead atoms. The van der Waals surface area contributed by atoms with Gasteiger partial charge in [-0.05, 0) is 18.2 Å². The van der Waals surface area contributed by atoms with E-state index in [1.807, 2.05) is 0 Å². The molecule has 1 aromatic rings. The van der Waals surface area contributed by atoms with Crippen LogP contribution in [0, 0.1) is 0 Å². The number of sulfonamides is 1. The summed E-state index contributed by atoms with van der Waals surface area (Å²) in [6.07, 6.45) is 0. The van der Waals surface area contributed by atoms with Crippen LogP contribution < -0.4 is 4.72 Å². The van der Waals surface area contributed by atoms with Crippen LogP contribution in [0.4, 0.5) is 5.69 Å². The number of benzene rings is 1. The van der Waals surface area contributed by atoms with E-state index in [4.69, 9.17) is 23.2 Å². The first-order valence-electron chi connectivity index (χ1n) is 3.55. The third-order valence-corrected chi connectivity index (χ3v) is 2.91. The fraction of sp³-hybridized carbons (Fsp3) is 0. The van der Waals surface area contributed by atoms with Crippen molar-refractivity contribution in [1.29, 1.82) is 0 Å².